The van der Waals surface area contributed by atoms with Crippen LogP contribution in [0.25, 0.3) is 0 Å². The zero-order valence-electron chi connectivity index (χ0n) is 12.4. The molecule has 0 radical (unpaired) electrons. The highest BCUT2D eigenvalue weighted by molar-refractivity contribution is 5.99. The summed E-state index contributed by atoms with van der Waals surface area (Å²) in [6, 6.07) is -0.0758. The molecule has 1 heterocycles. The van der Waals surface area contributed by atoms with Crippen LogP contribution in [0.3, 0.4) is 0 Å². The van der Waals surface area contributed by atoms with Gasteiger partial charge in [0.25, 0.3) is 0 Å². The molecule has 0 fully saturated rings. The van der Waals surface area contributed by atoms with E-state index in [1.165, 1.54) is 0 Å². The van der Waals surface area contributed by atoms with E-state index >= 15 is 0 Å². The molecule has 0 aromatic rings. The molecule has 0 N–H and O–H groups in total. The second-order valence-corrected chi connectivity index (χ2v) is 5.51. The highest BCUT2D eigenvalue weighted by atomic mass is 16.5. The number of methoxy groups -OCH3 is 2. The third-order valence-electron chi connectivity index (χ3n) is 3.72. The molecule has 104 valence electrons. The lowest BCUT2D eigenvalue weighted by Crippen LogP contribution is -2.44. The third kappa shape index (κ3) is 2.20. The molecule has 2 rings (SSSR count). The van der Waals surface area contributed by atoms with Crippen molar-refractivity contribution in [1.29, 1.82) is 0 Å². The Labute approximate surface area is 114 Å². The number of nitrogens with zero attached hydrogens (tertiary/aromatic N) is 2. The normalized spacial score (nSPS) is 30.3. The average Bonchev–Trinajstić information content (AvgIpc) is 2.64. The third-order valence-corrected chi connectivity index (χ3v) is 3.72. The fourth-order valence-corrected chi connectivity index (χ4v) is 2.62. The van der Waals surface area contributed by atoms with Crippen molar-refractivity contribution in [2.75, 3.05) is 14.2 Å². The van der Waals surface area contributed by atoms with Crippen molar-refractivity contribution < 1.29 is 9.47 Å². The van der Waals surface area contributed by atoms with Gasteiger partial charge in [0.15, 0.2) is 5.54 Å². The Morgan fingerprint density at radius 3 is 2.47 bits per heavy atom. The molecule has 4 nitrogen and oxygen atoms in total. The Kier molecular flexibility index (Phi) is 3.52. The Morgan fingerprint density at radius 2 is 2.05 bits per heavy atom. The SMILES string of the molecule is C=C1C[C@@]2(C=C1C)N=C(OC)[C@@H](C(C)C)N=C2OC. The number of hydrogen-bond acceptors (Lipinski definition) is 4. The van der Waals surface area contributed by atoms with Gasteiger partial charge in [0, 0.05) is 6.42 Å². The molecule has 19 heavy (non-hydrogen) atoms. The van der Waals surface area contributed by atoms with Crippen LogP contribution in [0.2, 0.25) is 0 Å². The smallest absolute Gasteiger partial charge is 0.217 e. The van der Waals surface area contributed by atoms with E-state index in [1.807, 2.05) is 6.92 Å². The van der Waals surface area contributed by atoms with E-state index in [2.05, 4.69) is 26.5 Å². The van der Waals surface area contributed by atoms with Gasteiger partial charge in [-0.1, -0.05) is 20.4 Å². The molecule has 0 unspecified atom stereocenters. The van der Waals surface area contributed by atoms with Gasteiger partial charge < -0.3 is 9.47 Å². The summed E-state index contributed by atoms with van der Waals surface area (Å²) in [6.07, 6.45) is 2.79. The van der Waals surface area contributed by atoms with Crippen LogP contribution in [0.1, 0.15) is 27.2 Å². The number of ether oxygens (including phenoxy) is 2. The van der Waals surface area contributed by atoms with E-state index in [9.17, 15) is 0 Å². The predicted molar refractivity (Wildman–Crippen MR) is 77.8 cm³/mol. The van der Waals surface area contributed by atoms with Crippen molar-refractivity contribution in [2.45, 2.75) is 38.8 Å². The lowest BCUT2D eigenvalue weighted by molar-refractivity contribution is 0.320. The molecule has 0 bridgehead atoms. The first kappa shape index (κ1) is 13.8. The maximum Gasteiger partial charge on any atom is 0.217 e. The van der Waals surface area contributed by atoms with Crippen LogP contribution in [0.4, 0.5) is 0 Å². The number of rotatable bonds is 1. The van der Waals surface area contributed by atoms with Crippen LogP contribution in [0.15, 0.2) is 33.8 Å². The Balaban J connectivity index is 2.49. The highest BCUT2D eigenvalue weighted by Gasteiger charge is 2.45. The first-order valence-electron chi connectivity index (χ1n) is 6.57. The largest absolute Gasteiger partial charge is 0.483 e. The monoisotopic (exact) mass is 262 g/mol. The van der Waals surface area contributed by atoms with E-state index in [4.69, 9.17) is 19.5 Å². The standard InChI is InChI=1S/C15H22N2O2/c1-9(2)12-13(18-5)17-15(14(16-12)19-6)7-10(3)11(4)8-15/h8-9,12H,3,7H2,1-2,4-6H3/t12-,15+/m1/s1. The molecule has 0 aromatic carbocycles. The number of aliphatic imine (C=N–C) groups is 2. The summed E-state index contributed by atoms with van der Waals surface area (Å²) in [5.74, 6) is 1.65. The zero-order chi connectivity index (χ0) is 14.2. The lowest BCUT2D eigenvalue weighted by Gasteiger charge is -2.32. The van der Waals surface area contributed by atoms with Crippen molar-refractivity contribution in [1.82, 2.24) is 0 Å². The van der Waals surface area contributed by atoms with Crippen LogP contribution in [0.5, 0.6) is 0 Å². The van der Waals surface area contributed by atoms with Crippen LogP contribution >= 0.6 is 0 Å². The summed E-state index contributed by atoms with van der Waals surface area (Å²) < 4.78 is 10.9. The molecule has 0 saturated heterocycles. The van der Waals surface area contributed by atoms with Crippen LogP contribution in [0, 0.1) is 5.92 Å². The maximum atomic E-state index is 5.50. The second-order valence-electron chi connectivity index (χ2n) is 5.51. The molecule has 1 aliphatic heterocycles. The Morgan fingerprint density at radius 1 is 1.37 bits per heavy atom. The van der Waals surface area contributed by atoms with E-state index in [0.29, 0.717) is 24.1 Å². The van der Waals surface area contributed by atoms with Gasteiger partial charge in [0.2, 0.25) is 11.8 Å². The molecule has 4 heteroatoms. The quantitative estimate of drug-likeness (QED) is 0.729. The van der Waals surface area contributed by atoms with Crippen LogP contribution < -0.4 is 0 Å². The van der Waals surface area contributed by atoms with Crippen molar-refractivity contribution in [3.05, 3.63) is 23.8 Å². The molecular weight excluding hydrogens is 240 g/mol. The minimum Gasteiger partial charge on any atom is -0.483 e. The fraction of sp³-hybridized carbons (Fsp3) is 0.600. The maximum absolute atomic E-state index is 5.50. The average molecular weight is 262 g/mol. The summed E-state index contributed by atoms with van der Waals surface area (Å²) in [5, 5.41) is 0. The summed E-state index contributed by atoms with van der Waals surface area (Å²) in [5.41, 5.74) is 1.67. The van der Waals surface area contributed by atoms with Gasteiger partial charge in [0.1, 0.15) is 6.04 Å². The van der Waals surface area contributed by atoms with E-state index < -0.39 is 5.54 Å². The zero-order valence-corrected chi connectivity index (χ0v) is 12.4. The molecule has 0 saturated carbocycles. The lowest BCUT2D eigenvalue weighted by atomic mass is 9.94. The van der Waals surface area contributed by atoms with E-state index in [0.717, 1.165) is 11.1 Å². The summed E-state index contributed by atoms with van der Waals surface area (Å²) in [6.45, 7) is 10.3. The predicted octanol–water partition coefficient (Wildman–Crippen LogP) is 2.76. The summed E-state index contributed by atoms with van der Waals surface area (Å²) >= 11 is 0. The first-order chi connectivity index (χ1) is 8.93. The minimum absolute atomic E-state index is 0.0758. The second kappa shape index (κ2) is 4.83. The number of allylic oxidation sites excluding steroid dienone is 1. The van der Waals surface area contributed by atoms with Gasteiger partial charge in [-0.05, 0) is 30.1 Å². The highest BCUT2D eigenvalue weighted by Crippen LogP contribution is 2.39. The molecule has 0 amide bonds. The Bertz CT molecular complexity index is 488. The summed E-state index contributed by atoms with van der Waals surface area (Å²) in [4.78, 5) is 9.50. The van der Waals surface area contributed by atoms with Crippen LogP contribution in [-0.4, -0.2) is 37.6 Å². The molecular formula is C15H22N2O2. The topological polar surface area (TPSA) is 43.2 Å². The van der Waals surface area contributed by atoms with Gasteiger partial charge in [-0.2, -0.15) is 0 Å². The van der Waals surface area contributed by atoms with Crippen molar-refractivity contribution in [2.24, 2.45) is 15.9 Å². The van der Waals surface area contributed by atoms with Crippen molar-refractivity contribution in [3.63, 3.8) is 0 Å². The minimum atomic E-state index is -0.549. The van der Waals surface area contributed by atoms with Gasteiger partial charge >= 0.3 is 0 Å². The number of hydrogen-bond donors (Lipinski definition) is 0. The molecule has 2 atom stereocenters. The van der Waals surface area contributed by atoms with Gasteiger partial charge in [-0.3, -0.25) is 0 Å². The van der Waals surface area contributed by atoms with Gasteiger partial charge in [-0.25, -0.2) is 9.98 Å². The summed E-state index contributed by atoms with van der Waals surface area (Å²) in [7, 11) is 3.30. The van der Waals surface area contributed by atoms with E-state index in [1.54, 1.807) is 14.2 Å². The Hall–Kier alpha value is -1.58. The fourth-order valence-electron chi connectivity index (χ4n) is 2.62. The van der Waals surface area contributed by atoms with Crippen molar-refractivity contribution >= 4 is 11.8 Å². The molecule has 1 spiro atoms. The van der Waals surface area contributed by atoms with Gasteiger partial charge in [-0.15, -0.1) is 0 Å². The molecule has 2 aliphatic rings. The van der Waals surface area contributed by atoms with Crippen molar-refractivity contribution in [3.8, 4) is 0 Å². The van der Waals surface area contributed by atoms with Crippen LogP contribution in [-0.2, 0) is 9.47 Å². The molecule has 0 aromatic heterocycles. The van der Waals surface area contributed by atoms with E-state index in [-0.39, 0.29) is 6.04 Å². The first-order valence-corrected chi connectivity index (χ1v) is 6.57. The molecule has 1 aliphatic carbocycles. The van der Waals surface area contributed by atoms with Gasteiger partial charge in [0.05, 0.1) is 14.2 Å².